The summed E-state index contributed by atoms with van der Waals surface area (Å²) in [5, 5.41) is 8.41. The van der Waals surface area contributed by atoms with Crippen LogP contribution in [0.15, 0.2) is 65.7 Å². The zero-order valence-electron chi connectivity index (χ0n) is 19.1. The minimum atomic E-state index is -3.65. The third-order valence-corrected chi connectivity index (χ3v) is 7.31. The molecule has 1 saturated heterocycles. The van der Waals surface area contributed by atoms with E-state index >= 15 is 0 Å². The van der Waals surface area contributed by atoms with E-state index in [0.29, 0.717) is 13.1 Å². The minimum absolute atomic E-state index is 0.0490. The van der Waals surface area contributed by atoms with E-state index in [2.05, 4.69) is 35.8 Å². The summed E-state index contributed by atoms with van der Waals surface area (Å²) >= 11 is 0. The van der Waals surface area contributed by atoms with Crippen LogP contribution in [0.25, 0.3) is 11.3 Å². The zero-order valence-corrected chi connectivity index (χ0v) is 19.9. The molecule has 8 nitrogen and oxygen atoms in total. The van der Waals surface area contributed by atoms with Crippen LogP contribution in [0.4, 0.5) is 0 Å². The lowest BCUT2D eigenvalue weighted by molar-refractivity contribution is -0.137. The number of sulfonamides is 1. The number of hydrogen-bond acceptors (Lipinski definition) is 5. The number of carbonyl (C=O) groups is 1. The van der Waals surface area contributed by atoms with Crippen molar-refractivity contribution in [3.8, 4) is 11.3 Å². The van der Waals surface area contributed by atoms with Gasteiger partial charge in [0.2, 0.25) is 15.9 Å². The summed E-state index contributed by atoms with van der Waals surface area (Å²) in [7, 11) is -3.65. The topological polar surface area (TPSA) is 97.2 Å². The Balaban J connectivity index is 1.25. The van der Waals surface area contributed by atoms with Gasteiger partial charge in [-0.15, -0.1) is 5.10 Å². The standard InChI is InChI=1S/C24H29N5O3S/c1-24(2,3)19-9-11-21(12-10-19)33(31,32)25-14-13-23(30)28-15-20(16-28)29-17-22(26-27-29)18-7-5-4-6-8-18/h4-12,17,20,25H,13-16H2,1-3H3. The summed E-state index contributed by atoms with van der Waals surface area (Å²) in [6.07, 6.45) is 2.00. The molecule has 0 radical (unpaired) electrons. The van der Waals surface area contributed by atoms with Crippen LogP contribution in [0, 0.1) is 0 Å². The van der Waals surface area contributed by atoms with Crippen LogP contribution >= 0.6 is 0 Å². The number of likely N-dealkylation sites (tertiary alicyclic amines) is 1. The van der Waals surface area contributed by atoms with E-state index in [9.17, 15) is 13.2 Å². The third kappa shape index (κ3) is 5.31. The third-order valence-electron chi connectivity index (χ3n) is 5.83. The first-order valence-electron chi connectivity index (χ1n) is 11.0. The maximum Gasteiger partial charge on any atom is 0.240 e. The number of amides is 1. The molecule has 33 heavy (non-hydrogen) atoms. The van der Waals surface area contributed by atoms with E-state index in [-0.39, 0.29) is 35.2 Å². The van der Waals surface area contributed by atoms with Crippen molar-refractivity contribution in [3.05, 3.63) is 66.4 Å². The fraction of sp³-hybridized carbons (Fsp3) is 0.375. The van der Waals surface area contributed by atoms with Crippen molar-refractivity contribution in [1.82, 2.24) is 24.6 Å². The molecule has 2 aromatic carbocycles. The molecular formula is C24H29N5O3S. The molecule has 3 aromatic rings. The molecule has 0 bridgehead atoms. The van der Waals surface area contributed by atoms with Gasteiger partial charge >= 0.3 is 0 Å². The van der Waals surface area contributed by atoms with Crippen LogP contribution < -0.4 is 4.72 Å². The van der Waals surface area contributed by atoms with E-state index in [1.807, 2.05) is 48.7 Å². The predicted octanol–water partition coefficient (Wildman–Crippen LogP) is 2.99. The molecule has 0 spiro atoms. The van der Waals surface area contributed by atoms with Gasteiger partial charge in [-0.25, -0.2) is 17.8 Å². The molecular weight excluding hydrogens is 438 g/mol. The monoisotopic (exact) mass is 467 g/mol. The Morgan fingerprint density at radius 2 is 1.73 bits per heavy atom. The predicted molar refractivity (Wildman–Crippen MR) is 126 cm³/mol. The highest BCUT2D eigenvalue weighted by Crippen LogP contribution is 2.25. The molecule has 0 saturated carbocycles. The highest BCUT2D eigenvalue weighted by molar-refractivity contribution is 7.89. The molecule has 0 aliphatic carbocycles. The van der Waals surface area contributed by atoms with Crippen molar-refractivity contribution in [2.45, 2.75) is 43.5 Å². The van der Waals surface area contributed by atoms with Crippen LogP contribution in [-0.2, 0) is 20.2 Å². The highest BCUT2D eigenvalue weighted by Gasteiger charge is 2.32. The second-order valence-corrected chi connectivity index (χ2v) is 11.1. The lowest BCUT2D eigenvalue weighted by Crippen LogP contribution is -2.51. The number of rotatable bonds is 7. The largest absolute Gasteiger partial charge is 0.338 e. The Bertz CT molecular complexity index is 1210. The maximum absolute atomic E-state index is 12.5. The van der Waals surface area contributed by atoms with Gasteiger partial charge in [-0.2, -0.15) is 0 Å². The van der Waals surface area contributed by atoms with E-state index in [0.717, 1.165) is 16.8 Å². The molecule has 1 fully saturated rings. The first kappa shape index (κ1) is 23.1. The quantitative estimate of drug-likeness (QED) is 0.576. The zero-order chi connectivity index (χ0) is 23.6. The van der Waals surface area contributed by atoms with Crippen LogP contribution in [-0.4, -0.2) is 53.9 Å². The van der Waals surface area contributed by atoms with E-state index < -0.39 is 10.0 Å². The summed E-state index contributed by atoms with van der Waals surface area (Å²) < 4.78 is 29.4. The number of aromatic nitrogens is 3. The molecule has 1 aliphatic heterocycles. The van der Waals surface area contributed by atoms with Crippen LogP contribution in [0.5, 0.6) is 0 Å². The summed E-state index contributed by atoms with van der Waals surface area (Å²) in [6, 6.07) is 16.7. The van der Waals surface area contributed by atoms with E-state index in [1.54, 1.807) is 21.7 Å². The van der Waals surface area contributed by atoms with Gasteiger partial charge in [-0.05, 0) is 23.1 Å². The number of benzene rings is 2. The molecule has 1 N–H and O–H groups in total. The van der Waals surface area contributed by atoms with Crippen molar-refractivity contribution < 1.29 is 13.2 Å². The van der Waals surface area contributed by atoms with Gasteiger partial charge in [0.1, 0.15) is 5.69 Å². The lowest BCUT2D eigenvalue weighted by Gasteiger charge is -2.38. The Labute approximate surface area is 194 Å². The molecule has 174 valence electrons. The second-order valence-electron chi connectivity index (χ2n) is 9.32. The van der Waals surface area contributed by atoms with Crippen molar-refractivity contribution in [1.29, 1.82) is 0 Å². The average molecular weight is 468 g/mol. The Morgan fingerprint density at radius 1 is 1.06 bits per heavy atom. The fourth-order valence-corrected chi connectivity index (χ4v) is 4.72. The first-order chi connectivity index (χ1) is 15.6. The van der Waals surface area contributed by atoms with Crippen LogP contribution in [0.3, 0.4) is 0 Å². The summed E-state index contributed by atoms with van der Waals surface area (Å²) in [6.45, 7) is 7.36. The Morgan fingerprint density at radius 3 is 2.36 bits per heavy atom. The van der Waals surface area contributed by atoms with Gasteiger partial charge in [0.05, 0.1) is 17.1 Å². The van der Waals surface area contributed by atoms with Gasteiger partial charge in [0.15, 0.2) is 0 Å². The highest BCUT2D eigenvalue weighted by atomic mass is 32.2. The fourth-order valence-electron chi connectivity index (χ4n) is 3.69. The molecule has 1 aromatic heterocycles. The molecule has 2 heterocycles. The minimum Gasteiger partial charge on any atom is -0.338 e. The lowest BCUT2D eigenvalue weighted by atomic mass is 9.87. The number of nitrogens with one attached hydrogen (secondary N) is 1. The molecule has 4 rings (SSSR count). The van der Waals surface area contributed by atoms with Crippen LogP contribution in [0.2, 0.25) is 0 Å². The number of nitrogens with zero attached hydrogens (tertiary/aromatic N) is 4. The van der Waals surface area contributed by atoms with Gasteiger partial charge in [-0.3, -0.25) is 4.79 Å². The van der Waals surface area contributed by atoms with E-state index in [1.165, 1.54) is 0 Å². The summed E-state index contributed by atoms with van der Waals surface area (Å²) in [4.78, 5) is 14.4. The van der Waals surface area contributed by atoms with Gasteiger partial charge in [0, 0.05) is 31.6 Å². The van der Waals surface area contributed by atoms with E-state index in [4.69, 9.17) is 0 Å². The summed E-state index contributed by atoms with van der Waals surface area (Å²) in [5.74, 6) is -0.0829. The van der Waals surface area contributed by atoms with Crippen LogP contribution in [0.1, 0.15) is 38.8 Å². The SMILES string of the molecule is CC(C)(C)c1ccc(S(=O)(=O)NCCC(=O)N2CC(n3cc(-c4ccccc4)nn3)C2)cc1. The van der Waals surface area contributed by atoms with Crippen molar-refractivity contribution in [2.24, 2.45) is 0 Å². The molecule has 1 amide bonds. The number of hydrogen-bond donors (Lipinski definition) is 1. The normalized spacial score (nSPS) is 14.8. The van der Waals surface area contributed by atoms with Gasteiger partial charge in [0.25, 0.3) is 0 Å². The Kier molecular flexibility index (Phi) is 6.36. The van der Waals surface area contributed by atoms with Crippen molar-refractivity contribution in [2.75, 3.05) is 19.6 Å². The maximum atomic E-state index is 12.5. The van der Waals surface area contributed by atoms with Crippen molar-refractivity contribution >= 4 is 15.9 Å². The molecule has 0 atom stereocenters. The number of carbonyl (C=O) groups excluding carboxylic acids is 1. The van der Waals surface area contributed by atoms with Gasteiger partial charge < -0.3 is 4.90 Å². The summed E-state index contributed by atoms with van der Waals surface area (Å²) in [5.41, 5.74) is 2.81. The first-order valence-corrected chi connectivity index (χ1v) is 12.5. The Hall–Kier alpha value is -3.04. The molecule has 1 aliphatic rings. The van der Waals surface area contributed by atoms with Crippen molar-refractivity contribution in [3.63, 3.8) is 0 Å². The second kappa shape index (κ2) is 9.07. The van der Waals surface area contributed by atoms with Gasteiger partial charge in [-0.1, -0.05) is 68.4 Å². The smallest absolute Gasteiger partial charge is 0.240 e. The average Bonchev–Trinajstić information content (AvgIpc) is 3.22. The molecule has 9 heteroatoms. The molecule has 0 unspecified atom stereocenters.